The van der Waals surface area contributed by atoms with Gasteiger partial charge in [0.15, 0.2) is 5.06 Å². The van der Waals surface area contributed by atoms with Crippen LogP contribution < -0.4 is 4.74 Å². The largest absolute Gasteiger partial charge is 0.478 e. The van der Waals surface area contributed by atoms with Gasteiger partial charge < -0.3 is 4.74 Å². The molecule has 0 bridgehead atoms. The van der Waals surface area contributed by atoms with Gasteiger partial charge in [-0.05, 0) is 33.8 Å². The zero-order valence-corrected chi connectivity index (χ0v) is 8.90. The topological polar surface area (TPSA) is 33.0 Å². The van der Waals surface area contributed by atoms with Crippen molar-refractivity contribution in [3.8, 4) is 11.1 Å². The lowest BCUT2D eigenvalue weighted by Crippen LogP contribution is -1.92. The molecule has 0 saturated carbocycles. The molecule has 0 aliphatic carbocycles. The number of rotatable bonds is 3. The van der Waals surface area contributed by atoms with Gasteiger partial charge in [-0.1, -0.05) is 0 Å². The lowest BCUT2D eigenvalue weighted by Gasteiger charge is -2.01. The highest BCUT2D eigenvalue weighted by atomic mass is 32.1. The first kappa shape index (κ1) is 9.25. The van der Waals surface area contributed by atoms with E-state index < -0.39 is 0 Å². The minimum atomic E-state index is 0.540. The third-order valence-electron chi connectivity index (χ3n) is 1.70. The maximum atomic E-state index is 8.74. The molecule has 0 unspecified atom stereocenters. The van der Waals surface area contributed by atoms with E-state index in [1.165, 1.54) is 11.3 Å². The summed E-state index contributed by atoms with van der Waals surface area (Å²) in [6.45, 7) is 0.540. The Labute approximate surface area is 90.0 Å². The predicted molar refractivity (Wildman–Crippen MR) is 57.7 cm³/mol. The van der Waals surface area contributed by atoms with Crippen molar-refractivity contribution >= 4 is 22.7 Å². The highest BCUT2D eigenvalue weighted by molar-refractivity contribution is 7.12. The molecule has 4 heteroatoms. The molecular formula is C10H7NOS2. The Morgan fingerprint density at radius 1 is 1.36 bits per heavy atom. The Morgan fingerprint density at radius 3 is 3.00 bits per heavy atom. The fraction of sp³-hybridized carbons (Fsp3) is 0.100. The SMILES string of the molecule is N#Cc1ccsc1OCc1ccsc1. The van der Waals surface area contributed by atoms with Crippen LogP contribution in [0, 0.1) is 11.3 Å². The fourth-order valence-electron chi connectivity index (χ4n) is 1.01. The Kier molecular flexibility index (Phi) is 2.82. The van der Waals surface area contributed by atoms with Gasteiger partial charge in [0.05, 0.1) is 0 Å². The van der Waals surface area contributed by atoms with Crippen molar-refractivity contribution in [3.05, 3.63) is 39.4 Å². The molecule has 14 heavy (non-hydrogen) atoms. The van der Waals surface area contributed by atoms with Gasteiger partial charge in [0.1, 0.15) is 18.2 Å². The molecule has 2 nitrogen and oxygen atoms in total. The summed E-state index contributed by atoms with van der Waals surface area (Å²) in [5.74, 6) is 0. The maximum absolute atomic E-state index is 8.74. The third kappa shape index (κ3) is 1.95. The van der Waals surface area contributed by atoms with Crippen molar-refractivity contribution in [1.82, 2.24) is 0 Å². The van der Waals surface area contributed by atoms with Crippen LogP contribution in [-0.2, 0) is 6.61 Å². The van der Waals surface area contributed by atoms with Gasteiger partial charge >= 0.3 is 0 Å². The Hall–Kier alpha value is -1.31. The summed E-state index contributed by atoms with van der Waals surface area (Å²) in [7, 11) is 0. The van der Waals surface area contributed by atoms with Gasteiger partial charge in [-0.15, -0.1) is 11.3 Å². The zero-order valence-electron chi connectivity index (χ0n) is 7.27. The van der Waals surface area contributed by atoms with Gasteiger partial charge in [0.25, 0.3) is 0 Å². The summed E-state index contributed by atoms with van der Waals surface area (Å²) in [5.41, 5.74) is 1.76. The van der Waals surface area contributed by atoms with E-state index >= 15 is 0 Å². The fourth-order valence-corrected chi connectivity index (χ4v) is 2.36. The van der Waals surface area contributed by atoms with Crippen LogP contribution in [0.4, 0.5) is 0 Å². The standard InChI is InChI=1S/C10H7NOS2/c11-5-9-2-4-14-10(9)12-6-8-1-3-13-7-8/h1-4,7H,6H2. The average Bonchev–Trinajstić information content (AvgIpc) is 2.85. The van der Waals surface area contributed by atoms with E-state index in [2.05, 4.69) is 6.07 Å². The number of nitrogens with zero attached hydrogens (tertiary/aromatic N) is 1. The number of ether oxygens (including phenoxy) is 1. The van der Waals surface area contributed by atoms with E-state index in [0.29, 0.717) is 17.2 Å². The molecule has 0 spiro atoms. The Morgan fingerprint density at radius 2 is 2.29 bits per heavy atom. The van der Waals surface area contributed by atoms with Crippen molar-refractivity contribution in [2.75, 3.05) is 0 Å². The maximum Gasteiger partial charge on any atom is 0.192 e. The lowest BCUT2D eigenvalue weighted by atomic mass is 10.3. The molecule has 2 aromatic heterocycles. The van der Waals surface area contributed by atoms with E-state index in [0.717, 1.165) is 5.56 Å². The monoisotopic (exact) mass is 221 g/mol. The molecule has 0 aromatic carbocycles. The summed E-state index contributed by atoms with van der Waals surface area (Å²) >= 11 is 3.10. The number of nitriles is 1. The highest BCUT2D eigenvalue weighted by Crippen LogP contribution is 2.26. The van der Waals surface area contributed by atoms with Crippen molar-refractivity contribution < 1.29 is 4.74 Å². The smallest absolute Gasteiger partial charge is 0.192 e. The number of hydrogen-bond donors (Lipinski definition) is 0. The summed E-state index contributed by atoms with van der Waals surface area (Å²) in [6, 6.07) is 5.88. The number of hydrogen-bond acceptors (Lipinski definition) is 4. The summed E-state index contributed by atoms with van der Waals surface area (Å²) in [6.07, 6.45) is 0. The van der Waals surface area contributed by atoms with E-state index in [-0.39, 0.29) is 0 Å². The third-order valence-corrected chi connectivity index (χ3v) is 3.26. The van der Waals surface area contributed by atoms with Crippen molar-refractivity contribution in [2.24, 2.45) is 0 Å². The molecule has 2 aromatic rings. The molecule has 0 atom stereocenters. The van der Waals surface area contributed by atoms with Crippen LogP contribution in [0.2, 0.25) is 0 Å². The summed E-state index contributed by atoms with van der Waals surface area (Å²) < 4.78 is 5.52. The molecule has 0 saturated heterocycles. The van der Waals surface area contributed by atoms with Gasteiger partial charge in [0.2, 0.25) is 0 Å². The molecule has 0 radical (unpaired) electrons. The van der Waals surface area contributed by atoms with Gasteiger partial charge in [-0.2, -0.15) is 16.6 Å². The highest BCUT2D eigenvalue weighted by Gasteiger charge is 2.04. The second-order valence-electron chi connectivity index (χ2n) is 2.65. The van der Waals surface area contributed by atoms with E-state index in [1.54, 1.807) is 17.4 Å². The normalized spacial score (nSPS) is 9.64. The lowest BCUT2D eigenvalue weighted by molar-refractivity contribution is 0.315. The molecule has 2 rings (SSSR count). The first-order valence-electron chi connectivity index (χ1n) is 4.01. The van der Waals surface area contributed by atoms with Gasteiger partial charge in [-0.3, -0.25) is 0 Å². The Bertz CT molecular complexity index is 439. The molecule has 70 valence electrons. The van der Waals surface area contributed by atoms with Crippen LogP contribution in [-0.4, -0.2) is 0 Å². The van der Waals surface area contributed by atoms with Crippen LogP contribution in [0.5, 0.6) is 5.06 Å². The summed E-state index contributed by atoms with van der Waals surface area (Å²) in [5, 5.41) is 15.4. The summed E-state index contributed by atoms with van der Waals surface area (Å²) in [4.78, 5) is 0. The second kappa shape index (κ2) is 4.27. The molecule has 0 aliphatic heterocycles. The minimum absolute atomic E-state index is 0.540. The molecule has 0 N–H and O–H groups in total. The molecule has 0 amide bonds. The zero-order chi connectivity index (χ0) is 9.80. The van der Waals surface area contributed by atoms with Crippen LogP contribution in [0.3, 0.4) is 0 Å². The average molecular weight is 221 g/mol. The Balaban J connectivity index is 2.02. The van der Waals surface area contributed by atoms with Crippen molar-refractivity contribution in [3.63, 3.8) is 0 Å². The van der Waals surface area contributed by atoms with Crippen molar-refractivity contribution in [1.29, 1.82) is 5.26 Å². The van der Waals surface area contributed by atoms with E-state index in [4.69, 9.17) is 10.00 Å². The minimum Gasteiger partial charge on any atom is -0.478 e. The van der Waals surface area contributed by atoms with Crippen molar-refractivity contribution in [2.45, 2.75) is 6.61 Å². The van der Waals surface area contributed by atoms with Crippen LogP contribution in [0.15, 0.2) is 28.3 Å². The van der Waals surface area contributed by atoms with E-state index in [9.17, 15) is 0 Å². The van der Waals surface area contributed by atoms with Crippen LogP contribution in [0.25, 0.3) is 0 Å². The molecule has 0 fully saturated rings. The molecular weight excluding hydrogens is 214 g/mol. The first-order valence-corrected chi connectivity index (χ1v) is 5.84. The van der Waals surface area contributed by atoms with Crippen LogP contribution >= 0.6 is 22.7 Å². The quantitative estimate of drug-likeness (QED) is 0.797. The first-order chi connectivity index (χ1) is 6.90. The molecule has 0 aliphatic rings. The van der Waals surface area contributed by atoms with Gasteiger partial charge in [-0.25, -0.2) is 0 Å². The van der Waals surface area contributed by atoms with Gasteiger partial charge in [0, 0.05) is 0 Å². The van der Waals surface area contributed by atoms with Crippen LogP contribution in [0.1, 0.15) is 11.1 Å². The molecule has 2 heterocycles. The number of thiophene rings is 2. The predicted octanol–water partition coefficient (Wildman–Crippen LogP) is 3.26. The van der Waals surface area contributed by atoms with E-state index in [1.807, 2.05) is 22.2 Å². The second-order valence-corrected chi connectivity index (χ2v) is 4.31.